The van der Waals surface area contributed by atoms with E-state index in [0.29, 0.717) is 0 Å². The summed E-state index contributed by atoms with van der Waals surface area (Å²) in [6.07, 6.45) is 0.344. The molecule has 0 aliphatic heterocycles. The first-order valence-electron chi connectivity index (χ1n) is 7.17. The average Bonchev–Trinajstić information content (AvgIpc) is 2.92. The number of carbonyl (C=O) groups excluding carboxylic acids is 1. The van der Waals surface area contributed by atoms with Gasteiger partial charge in [0.2, 0.25) is 10.0 Å². The number of hydrogen-bond acceptors (Lipinski definition) is 4. The van der Waals surface area contributed by atoms with Crippen LogP contribution in [0, 0.1) is 0 Å². The monoisotopic (exact) mass is 410 g/mol. The number of sulfonamides is 1. The third kappa shape index (κ3) is 3.10. The van der Waals surface area contributed by atoms with Gasteiger partial charge in [0.25, 0.3) is 5.91 Å². The Labute approximate surface area is 148 Å². The molecule has 6 nitrogen and oxygen atoms in total. The summed E-state index contributed by atoms with van der Waals surface area (Å²) in [5.74, 6) is -0.778. The van der Waals surface area contributed by atoms with Gasteiger partial charge in [0.05, 0.1) is 4.90 Å². The van der Waals surface area contributed by atoms with Crippen LogP contribution in [0.1, 0.15) is 11.1 Å². The Balaban J connectivity index is 1.97. The minimum Gasteiger partial charge on any atom is -0.289 e. The molecule has 126 valence electrons. The summed E-state index contributed by atoms with van der Waals surface area (Å²) in [6, 6.07) is 13.4. The lowest BCUT2D eigenvalue weighted by Crippen LogP contribution is -2.59. The molecule has 2 aromatic carbocycles. The summed E-state index contributed by atoms with van der Waals surface area (Å²) in [6.45, 7) is 0. The number of hydroxylamine groups is 1. The summed E-state index contributed by atoms with van der Waals surface area (Å²) in [4.78, 5) is 12.3. The van der Waals surface area contributed by atoms with Crippen molar-refractivity contribution in [1.29, 1.82) is 0 Å². The zero-order chi connectivity index (χ0) is 17.4. The van der Waals surface area contributed by atoms with Crippen LogP contribution in [0.2, 0.25) is 0 Å². The molecule has 1 amide bonds. The molecule has 0 radical (unpaired) electrons. The summed E-state index contributed by atoms with van der Waals surface area (Å²) < 4.78 is 28.6. The Bertz CT molecular complexity index is 856. The molecule has 0 aromatic heterocycles. The predicted octanol–water partition coefficient (Wildman–Crippen LogP) is 1.77. The Morgan fingerprint density at radius 3 is 2.08 bits per heavy atom. The minimum atomic E-state index is -3.93. The van der Waals surface area contributed by atoms with Crippen LogP contribution in [0.25, 0.3) is 0 Å². The van der Waals surface area contributed by atoms with Gasteiger partial charge < -0.3 is 0 Å². The van der Waals surface area contributed by atoms with Gasteiger partial charge in [-0.3, -0.25) is 10.0 Å². The number of hydrogen-bond donors (Lipinski definition) is 3. The molecule has 0 bridgehead atoms. The van der Waals surface area contributed by atoms with Crippen LogP contribution in [0.4, 0.5) is 0 Å². The van der Waals surface area contributed by atoms with Gasteiger partial charge in [-0.1, -0.05) is 40.2 Å². The quantitative estimate of drug-likeness (QED) is 0.528. The molecule has 3 rings (SSSR count). The minimum absolute atomic E-state index is 0.0479. The zero-order valence-electron chi connectivity index (χ0n) is 12.5. The summed E-state index contributed by atoms with van der Waals surface area (Å²) >= 11 is 3.25. The van der Waals surface area contributed by atoms with E-state index in [1.165, 1.54) is 12.1 Å². The van der Waals surface area contributed by atoms with E-state index in [-0.39, 0.29) is 17.7 Å². The summed E-state index contributed by atoms with van der Waals surface area (Å²) in [7, 11) is -3.93. The van der Waals surface area contributed by atoms with Crippen molar-refractivity contribution in [1.82, 2.24) is 10.2 Å². The highest BCUT2D eigenvalue weighted by atomic mass is 79.9. The summed E-state index contributed by atoms with van der Waals surface area (Å²) in [5, 5.41) is 9.10. The van der Waals surface area contributed by atoms with E-state index in [0.717, 1.165) is 15.6 Å². The van der Waals surface area contributed by atoms with Gasteiger partial charge in [-0.25, -0.2) is 13.9 Å². The van der Waals surface area contributed by atoms with Gasteiger partial charge in [-0.15, -0.1) is 0 Å². The maximum atomic E-state index is 12.7. The number of fused-ring (bicyclic) bond motifs is 1. The van der Waals surface area contributed by atoms with E-state index >= 15 is 0 Å². The molecule has 0 atom stereocenters. The lowest BCUT2D eigenvalue weighted by Gasteiger charge is -2.27. The van der Waals surface area contributed by atoms with Gasteiger partial charge in [0, 0.05) is 17.3 Å². The van der Waals surface area contributed by atoms with Gasteiger partial charge in [-0.05, 0) is 35.4 Å². The van der Waals surface area contributed by atoms with Crippen LogP contribution in [0.3, 0.4) is 0 Å². The smallest absolute Gasteiger partial charge is 0.265 e. The first-order chi connectivity index (χ1) is 11.4. The van der Waals surface area contributed by atoms with Crippen LogP contribution < -0.4 is 10.2 Å². The fourth-order valence-electron chi connectivity index (χ4n) is 2.93. The zero-order valence-corrected chi connectivity index (χ0v) is 14.9. The van der Waals surface area contributed by atoms with Crippen molar-refractivity contribution < 1.29 is 18.4 Å². The SMILES string of the molecule is O=C(NO)C1(NS(=O)(=O)c2ccc(Br)cc2)Cc2ccccc2C1. The Morgan fingerprint density at radius 1 is 1.04 bits per heavy atom. The van der Waals surface area contributed by atoms with Gasteiger partial charge in [0.1, 0.15) is 5.54 Å². The molecule has 3 N–H and O–H groups in total. The Hall–Kier alpha value is -1.74. The van der Waals surface area contributed by atoms with Crippen LogP contribution in [0.5, 0.6) is 0 Å². The molecular weight excluding hydrogens is 396 g/mol. The molecule has 24 heavy (non-hydrogen) atoms. The molecule has 1 aliphatic carbocycles. The van der Waals surface area contributed by atoms with Crippen molar-refractivity contribution >= 4 is 31.9 Å². The molecule has 0 saturated carbocycles. The fourth-order valence-corrected chi connectivity index (χ4v) is 4.56. The highest BCUT2D eigenvalue weighted by molar-refractivity contribution is 9.10. The fraction of sp³-hybridized carbons (Fsp3) is 0.188. The third-order valence-electron chi connectivity index (χ3n) is 4.09. The number of rotatable bonds is 4. The molecule has 0 fully saturated rings. The van der Waals surface area contributed by atoms with Crippen LogP contribution in [-0.4, -0.2) is 25.1 Å². The van der Waals surface area contributed by atoms with E-state index in [1.807, 2.05) is 24.3 Å². The number of nitrogens with one attached hydrogen (secondary N) is 2. The van der Waals surface area contributed by atoms with E-state index in [1.54, 1.807) is 17.6 Å². The lowest BCUT2D eigenvalue weighted by molar-refractivity contribution is -0.135. The lowest BCUT2D eigenvalue weighted by atomic mass is 9.96. The number of benzene rings is 2. The highest BCUT2D eigenvalue weighted by Gasteiger charge is 2.46. The molecule has 2 aromatic rings. The van der Waals surface area contributed by atoms with Gasteiger partial charge >= 0.3 is 0 Å². The van der Waals surface area contributed by atoms with Crippen molar-refractivity contribution in [2.45, 2.75) is 23.3 Å². The van der Waals surface area contributed by atoms with Crippen molar-refractivity contribution in [2.24, 2.45) is 0 Å². The van der Waals surface area contributed by atoms with Gasteiger partial charge in [0.15, 0.2) is 0 Å². The number of carbonyl (C=O) groups is 1. The average molecular weight is 411 g/mol. The Kier molecular flexibility index (Phi) is 4.48. The van der Waals surface area contributed by atoms with Crippen molar-refractivity contribution in [3.05, 3.63) is 64.1 Å². The van der Waals surface area contributed by atoms with E-state index in [4.69, 9.17) is 5.21 Å². The molecular formula is C16H15BrN2O4S. The standard InChI is InChI=1S/C16H15BrN2O4S/c17-13-5-7-14(8-6-13)24(22,23)19-16(15(20)18-21)9-11-3-1-2-4-12(11)10-16/h1-8,19,21H,9-10H2,(H,18,20). The number of halogens is 1. The Morgan fingerprint density at radius 2 is 1.58 bits per heavy atom. The van der Waals surface area contributed by atoms with Crippen molar-refractivity contribution in [3.8, 4) is 0 Å². The van der Waals surface area contributed by atoms with E-state index in [2.05, 4.69) is 20.7 Å². The highest BCUT2D eigenvalue weighted by Crippen LogP contribution is 2.32. The largest absolute Gasteiger partial charge is 0.289 e. The van der Waals surface area contributed by atoms with E-state index < -0.39 is 21.5 Å². The molecule has 0 spiro atoms. The van der Waals surface area contributed by atoms with Crippen LogP contribution >= 0.6 is 15.9 Å². The van der Waals surface area contributed by atoms with Crippen LogP contribution in [-0.2, 0) is 27.7 Å². The molecule has 8 heteroatoms. The molecule has 0 heterocycles. The second-order valence-electron chi connectivity index (χ2n) is 5.70. The summed E-state index contributed by atoms with van der Waals surface area (Å²) in [5.41, 5.74) is 1.89. The second kappa shape index (κ2) is 6.29. The van der Waals surface area contributed by atoms with Crippen LogP contribution in [0.15, 0.2) is 57.9 Å². The first-order valence-corrected chi connectivity index (χ1v) is 9.45. The van der Waals surface area contributed by atoms with Gasteiger partial charge in [-0.2, -0.15) is 4.72 Å². The molecule has 1 aliphatic rings. The van der Waals surface area contributed by atoms with E-state index in [9.17, 15) is 13.2 Å². The first kappa shape index (κ1) is 17.1. The second-order valence-corrected chi connectivity index (χ2v) is 8.30. The molecule has 0 unspecified atom stereocenters. The maximum absolute atomic E-state index is 12.7. The van der Waals surface area contributed by atoms with Crippen molar-refractivity contribution in [3.63, 3.8) is 0 Å². The van der Waals surface area contributed by atoms with Crippen molar-refractivity contribution in [2.75, 3.05) is 0 Å². The predicted molar refractivity (Wildman–Crippen MR) is 91.0 cm³/mol. The maximum Gasteiger partial charge on any atom is 0.265 e. The molecule has 0 saturated heterocycles. The normalized spacial score (nSPS) is 15.8. The number of amides is 1. The third-order valence-corrected chi connectivity index (χ3v) is 6.17. The topological polar surface area (TPSA) is 95.5 Å².